The van der Waals surface area contributed by atoms with Crippen molar-refractivity contribution in [2.75, 3.05) is 26.2 Å². The van der Waals surface area contributed by atoms with E-state index < -0.39 is 5.78 Å². The molecule has 3 aromatic rings. The molecule has 0 bridgehead atoms. The fourth-order valence-electron chi connectivity index (χ4n) is 3.43. The van der Waals surface area contributed by atoms with Gasteiger partial charge in [-0.2, -0.15) is 0 Å². The van der Waals surface area contributed by atoms with Crippen LogP contribution in [0.15, 0.2) is 34.9 Å². The Kier molecular flexibility index (Phi) is 4.91. The highest BCUT2D eigenvalue weighted by Crippen LogP contribution is 2.38. The summed E-state index contributed by atoms with van der Waals surface area (Å²) < 4.78 is 11.5. The first kappa shape index (κ1) is 18.7. The van der Waals surface area contributed by atoms with Crippen LogP contribution in [0.5, 0.6) is 5.75 Å². The van der Waals surface area contributed by atoms with E-state index in [9.17, 15) is 9.59 Å². The van der Waals surface area contributed by atoms with Crippen molar-refractivity contribution in [3.05, 3.63) is 58.1 Å². The molecule has 0 aliphatic heterocycles. The standard InChI is InChI=1S/C21H19ClN2O4/c1-3-24(4-2)8-9-27-16-11-15-13(10-14(16)22)17-19(25)12-6-5-7-23-18(12)20(26)21(17)28-15/h5-7,10-11H,3-4,8-9H2,1-2H3. The summed E-state index contributed by atoms with van der Waals surface area (Å²) in [5, 5.41) is 0.872. The third kappa shape index (κ3) is 2.99. The molecule has 0 radical (unpaired) electrons. The van der Waals surface area contributed by atoms with Gasteiger partial charge in [0, 0.05) is 24.2 Å². The average Bonchev–Trinajstić information content (AvgIpc) is 3.08. The van der Waals surface area contributed by atoms with Crippen molar-refractivity contribution in [1.82, 2.24) is 9.88 Å². The minimum Gasteiger partial charge on any atom is -0.491 e. The lowest BCUT2D eigenvalue weighted by atomic mass is 9.90. The van der Waals surface area contributed by atoms with Crippen molar-refractivity contribution in [2.24, 2.45) is 0 Å². The highest BCUT2D eigenvalue weighted by Gasteiger charge is 2.36. The number of rotatable bonds is 6. The number of nitrogens with zero attached hydrogens (tertiary/aromatic N) is 2. The van der Waals surface area contributed by atoms with Gasteiger partial charge in [0.25, 0.3) is 0 Å². The van der Waals surface area contributed by atoms with Crippen molar-refractivity contribution in [3.63, 3.8) is 0 Å². The van der Waals surface area contributed by atoms with Crippen LogP contribution in [0.25, 0.3) is 11.0 Å². The normalized spacial score (nSPS) is 13.1. The molecule has 144 valence electrons. The minimum atomic E-state index is -0.401. The van der Waals surface area contributed by atoms with E-state index in [1.165, 1.54) is 6.20 Å². The third-order valence-corrected chi connectivity index (χ3v) is 5.30. The number of carbonyl (C=O) groups is 2. The summed E-state index contributed by atoms with van der Waals surface area (Å²) in [4.78, 5) is 31.9. The van der Waals surface area contributed by atoms with Gasteiger partial charge in [0.2, 0.25) is 5.78 Å². The van der Waals surface area contributed by atoms with Gasteiger partial charge in [0.15, 0.2) is 11.5 Å². The Labute approximate surface area is 167 Å². The number of aromatic nitrogens is 1. The van der Waals surface area contributed by atoms with Crippen molar-refractivity contribution in [1.29, 1.82) is 0 Å². The Bertz CT molecular complexity index is 1090. The van der Waals surface area contributed by atoms with Crippen LogP contribution in [-0.4, -0.2) is 47.7 Å². The second-order valence-electron chi connectivity index (χ2n) is 6.52. The van der Waals surface area contributed by atoms with Crippen LogP contribution < -0.4 is 4.74 Å². The van der Waals surface area contributed by atoms with Crippen LogP contribution in [0.1, 0.15) is 46.0 Å². The van der Waals surface area contributed by atoms with Crippen LogP contribution in [0.2, 0.25) is 5.02 Å². The number of ether oxygens (including phenoxy) is 1. The van der Waals surface area contributed by atoms with Crippen molar-refractivity contribution >= 4 is 34.1 Å². The first-order chi connectivity index (χ1) is 13.5. The summed E-state index contributed by atoms with van der Waals surface area (Å²) in [6.07, 6.45) is 1.48. The quantitative estimate of drug-likeness (QED) is 0.489. The van der Waals surface area contributed by atoms with Gasteiger partial charge in [0.05, 0.1) is 16.1 Å². The average molecular weight is 399 g/mol. The predicted octanol–water partition coefficient (Wildman–Crippen LogP) is 3.98. The predicted molar refractivity (Wildman–Crippen MR) is 106 cm³/mol. The number of carbonyl (C=O) groups excluding carboxylic acids is 2. The fourth-order valence-corrected chi connectivity index (χ4v) is 3.65. The lowest BCUT2D eigenvalue weighted by molar-refractivity contribution is 0.0958. The maximum atomic E-state index is 12.9. The monoisotopic (exact) mass is 398 g/mol. The van der Waals surface area contributed by atoms with Crippen LogP contribution in [-0.2, 0) is 0 Å². The Balaban J connectivity index is 1.70. The maximum absolute atomic E-state index is 12.9. The van der Waals surface area contributed by atoms with Crippen LogP contribution >= 0.6 is 11.6 Å². The van der Waals surface area contributed by atoms with Gasteiger partial charge in [0.1, 0.15) is 23.6 Å². The Morgan fingerprint density at radius 2 is 1.96 bits per heavy atom. The maximum Gasteiger partial charge on any atom is 0.248 e. The van der Waals surface area contributed by atoms with E-state index in [0.717, 1.165) is 19.6 Å². The molecule has 1 aliphatic rings. The molecule has 2 heterocycles. The second-order valence-corrected chi connectivity index (χ2v) is 6.93. The smallest absolute Gasteiger partial charge is 0.248 e. The minimum absolute atomic E-state index is 0.00237. The van der Waals surface area contributed by atoms with Crippen molar-refractivity contribution < 1.29 is 18.7 Å². The molecule has 0 unspecified atom stereocenters. The zero-order chi connectivity index (χ0) is 19.8. The summed E-state index contributed by atoms with van der Waals surface area (Å²) in [6.45, 7) is 7.31. The Hall–Kier alpha value is -2.70. The molecular weight excluding hydrogens is 380 g/mol. The van der Waals surface area contributed by atoms with Gasteiger partial charge in [-0.25, -0.2) is 0 Å². The molecule has 0 N–H and O–H groups in total. The van der Waals surface area contributed by atoms with Gasteiger partial charge >= 0.3 is 0 Å². The number of furan rings is 1. The number of hydrogen-bond acceptors (Lipinski definition) is 6. The van der Waals surface area contributed by atoms with Crippen molar-refractivity contribution in [2.45, 2.75) is 13.8 Å². The summed E-state index contributed by atoms with van der Waals surface area (Å²) >= 11 is 6.38. The largest absolute Gasteiger partial charge is 0.491 e. The van der Waals surface area contributed by atoms with E-state index in [1.54, 1.807) is 24.3 Å². The fraction of sp³-hybridized carbons (Fsp3) is 0.286. The first-order valence-corrected chi connectivity index (χ1v) is 9.58. The van der Waals surface area contributed by atoms with Crippen LogP contribution in [0.4, 0.5) is 0 Å². The molecule has 7 heteroatoms. The van der Waals surface area contributed by atoms with E-state index in [-0.39, 0.29) is 28.4 Å². The molecule has 0 amide bonds. The summed E-state index contributed by atoms with van der Waals surface area (Å²) in [5.41, 5.74) is 1.01. The first-order valence-electron chi connectivity index (χ1n) is 9.20. The molecule has 0 fully saturated rings. The molecule has 28 heavy (non-hydrogen) atoms. The zero-order valence-corrected chi connectivity index (χ0v) is 16.4. The SMILES string of the molecule is CCN(CC)CCOc1cc2oc3c(c2cc1Cl)C(=O)c1cccnc1C3=O. The topological polar surface area (TPSA) is 72.6 Å². The third-order valence-electron chi connectivity index (χ3n) is 5.00. The highest BCUT2D eigenvalue weighted by atomic mass is 35.5. The lowest BCUT2D eigenvalue weighted by Crippen LogP contribution is -2.27. The lowest BCUT2D eigenvalue weighted by Gasteiger charge is -2.18. The molecule has 0 saturated carbocycles. The number of hydrogen-bond donors (Lipinski definition) is 0. The number of fused-ring (bicyclic) bond motifs is 4. The number of likely N-dealkylation sites (N-methyl/N-ethyl adjacent to an activating group) is 1. The zero-order valence-electron chi connectivity index (χ0n) is 15.6. The molecule has 1 aliphatic carbocycles. The van der Waals surface area contributed by atoms with Gasteiger partial charge in [-0.05, 0) is 31.3 Å². The highest BCUT2D eigenvalue weighted by molar-refractivity contribution is 6.34. The molecule has 0 saturated heterocycles. The van der Waals surface area contributed by atoms with E-state index in [1.807, 2.05) is 0 Å². The van der Waals surface area contributed by atoms with E-state index in [2.05, 4.69) is 23.7 Å². The summed E-state index contributed by atoms with van der Waals surface area (Å²) in [5.74, 6) is -0.227. The molecule has 1 aromatic carbocycles. The van der Waals surface area contributed by atoms with Gasteiger partial charge in [-0.15, -0.1) is 0 Å². The molecular formula is C21H19ClN2O4. The Morgan fingerprint density at radius 1 is 1.18 bits per heavy atom. The van der Waals surface area contributed by atoms with Gasteiger partial charge in [-0.1, -0.05) is 25.4 Å². The molecule has 2 aromatic heterocycles. The number of ketones is 2. The van der Waals surface area contributed by atoms with Crippen molar-refractivity contribution in [3.8, 4) is 5.75 Å². The molecule has 6 nitrogen and oxygen atoms in total. The summed E-state index contributed by atoms with van der Waals surface area (Å²) in [6, 6.07) is 6.48. The molecule has 0 spiro atoms. The number of halogens is 1. The van der Waals surface area contributed by atoms with E-state index in [0.29, 0.717) is 28.3 Å². The molecule has 4 rings (SSSR count). The van der Waals surface area contributed by atoms with Gasteiger partial charge in [-0.3, -0.25) is 14.6 Å². The molecule has 0 atom stereocenters. The Morgan fingerprint density at radius 3 is 2.71 bits per heavy atom. The number of pyridine rings is 1. The van der Waals surface area contributed by atoms with Crippen LogP contribution in [0.3, 0.4) is 0 Å². The van der Waals surface area contributed by atoms with E-state index in [4.69, 9.17) is 20.8 Å². The number of benzene rings is 1. The van der Waals surface area contributed by atoms with Gasteiger partial charge < -0.3 is 14.1 Å². The summed E-state index contributed by atoms with van der Waals surface area (Å²) in [7, 11) is 0. The second kappa shape index (κ2) is 7.37. The van der Waals surface area contributed by atoms with E-state index >= 15 is 0 Å². The van der Waals surface area contributed by atoms with Crippen LogP contribution in [0, 0.1) is 0 Å².